The van der Waals surface area contributed by atoms with Crippen LogP contribution in [0.4, 0.5) is 0 Å². The Morgan fingerprint density at radius 3 is 2.63 bits per heavy atom. The maximum atomic E-state index is 13.5. The Morgan fingerprint density at radius 1 is 1.14 bits per heavy atom. The summed E-state index contributed by atoms with van der Waals surface area (Å²) >= 11 is 0. The van der Waals surface area contributed by atoms with Crippen LogP contribution in [-0.2, 0) is 17.6 Å². The van der Waals surface area contributed by atoms with Gasteiger partial charge in [-0.2, -0.15) is 0 Å². The highest BCUT2D eigenvalue weighted by Crippen LogP contribution is 2.45. The molecular weight excluding hydrogens is 446 g/mol. The molecule has 0 saturated carbocycles. The number of carbonyl (C=O) groups excluding carboxylic acids is 2. The van der Waals surface area contributed by atoms with E-state index < -0.39 is 11.9 Å². The average molecular weight is 472 g/mol. The van der Waals surface area contributed by atoms with Gasteiger partial charge in [-0.15, -0.1) is 0 Å². The number of carboxylic acids is 1. The van der Waals surface area contributed by atoms with Crippen LogP contribution in [0.15, 0.2) is 48.8 Å². The number of carbonyl (C=O) groups is 3. The fourth-order valence-corrected chi connectivity index (χ4v) is 5.03. The SMILES string of the molecule is CCOC(=O)c1c(CCc2cccnc2)nc2c(c1-c1ccc(C(=O)O)cc1)C(=O)N1CCC[C@@H]21. The lowest BCUT2D eigenvalue weighted by Crippen LogP contribution is -2.23. The second-order valence-electron chi connectivity index (χ2n) is 8.69. The molecule has 1 amide bonds. The number of carboxylic acid groups (broad SMARTS) is 1. The van der Waals surface area contributed by atoms with Crippen LogP contribution in [0.2, 0.25) is 0 Å². The number of esters is 1. The summed E-state index contributed by atoms with van der Waals surface area (Å²) in [5, 5.41) is 9.34. The minimum absolute atomic E-state index is 0.108. The fraction of sp³-hybridized carbons (Fsp3) is 0.296. The normalized spacial score (nSPS) is 16.2. The van der Waals surface area contributed by atoms with E-state index in [1.165, 1.54) is 12.1 Å². The molecule has 0 radical (unpaired) electrons. The highest BCUT2D eigenvalue weighted by Gasteiger charge is 2.44. The van der Waals surface area contributed by atoms with Crippen LogP contribution >= 0.6 is 0 Å². The Balaban J connectivity index is 1.71. The first-order valence-electron chi connectivity index (χ1n) is 11.8. The van der Waals surface area contributed by atoms with Gasteiger partial charge in [0.15, 0.2) is 0 Å². The number of benzene rings is 1. The monoisotopic (exact) mass is 471 g/mol. The number of hydrogen-bond donors (Lipinski definition) is 1. The number of aromatic carboxylic acids is 1. The molecule has 1 saturated heterocycles. The standard InChI is InChI=1S/C27H25N3O5/c1-2-35-27(34)22-19(12-7-16-5-3-13-28-15-16)29-24-20-6-4-14-30(20)25(31)23(24)21(22)17-8-10-18(11-9-17)26(32)33/h3,5,8-11,13,15,20H,2,4,6-7,12,14H2,1H3,(H,32,33)/t20-/m0/s1. The van der Waals surface area contributed by atoms with E-state index in [1.807, 2.05) is 17.0 Å². The quantitative estimate of drug-likeness (QED) is 0.517. The van der Waals surface area contributed by atoms with Gasteiger partial charge >= 0.3 is 11.9 Å². The Labute approximate surface area is 202 Å². The highest BCUT2D eigenvalue weighted by atomic mass is 16.5. The van der Waals surface area contributed by atoms with E-state index in [1.54, 1.807) is 31.5 Å². The Hall–Kier alpha value is -4.07. The smallest absolute Gasteiger partial charge is 0.340 e. The number of nitrogens with zero attached hydrogens (tertiary/aromatic N) is 3. The van der Waals surface area contributed by atoms with Crippen molar-refractivity contribution < 1.29 is 24.2 Å². The molecule has 2 aliphatic rings. The third-order valence-electron chi connectivity index (χ3n) is 6.62. The summed E-state index contributed by atoms with van der Waals surface area (Å²) in [5.41, 5.74) is 4.17. The highest BCUT2D eigenvalue weighted by molar-refractivity contribution is 6.11. The van der Waals surface area contributed by atoms with Crippen molar-refractivity contribution in [3.05, 3.63) is 82.4 Å². The van der Waals surface area contributed by atoms with Crippen LogP contribution in [0, 0.1) is 0 Å². The molecule has 1 N–H and O–H groups in total. The number of pyridine rings is 2. The molecule has 178 valence electrons. The molecule has 0 aliphatic carbocycles. The van der Waals surface area contributed by atoms with Crippen molar-refractivity contribution in [3.8, 4) is 11.1 Å². The van der Waals surface area contributed by atoms with Gasteiger partial charge in [-0.3, -0.25) is 14.8 Å². The first-order valence-corrected chi connectivity index (χ1v) is 11.8. The summed E-state index contributed by atoms with van der Waals surface area (Å²) in [6, 6.07) is 9.97. The Kier molecular flexibility index (Phi) is 6.03. The van der Waals surface area contributed by atoms with Gasteiger partial charge in [-0.25, -0.2) is 9.59 Å². The molecule has 2 aromatic heterocycles. The van der Waals surface area contributed by atoms with Crippen molar-refractivity contribution in [3.63, 3.8) is 0 Å². The van der Waals surface area contributed by atoms with E-state index in [-0.39, 0.29) is 29.7 Å². The van der Waals surface area contributed by atoms with Crippen molar-refractivity contribution in [2.45, 2.75) is 38.6 Å². The fourth-order valence-electron chi connectivity index (χ4n) is 5.03. The number of aromatic nitrogens is 2. The number of amides is 1. The van der Waals surface area contributed by atoms with Crippen LogP contribution in [0.25, 0.3) is 11.1 Å². The molecule has 5 rings (SSSR count). The van der Waals surface area contributed by atoms with Gasteiger partial charge in [-0.05, 0) is 61.9 Å². The van der Waals surface area contributed by atoms with Crippen LogP contribution in [0.3, 0.4) is 0 Å². The van der Waals surface area contributed by atoms with Crippen molar-refractivity contribution in [2.75, 3.05) is 13.2 Å². The van der Waals surface area contributed by atoms with Crippen LogP contribution < -0.4 is 0 Å². The second-order valence-corrected chi connectivity index (χ2v) is 8.69. The molecule has 1 aromatic carbocycles. The summed E-state index contributed by atoms with van der Waals surface area (Å²) in [6.45, 7) is 2.56. The van der Waals surface area contributed by atoms with Gasteiger partial charge in [0, 0.05) is 24.5 Å². The molecule has 3 aromatic rings. The van der Waals surface area contributed by atoms with Crippen LogP contribution in [-0.4, -0.2) is 51.0 Å². The topological polar surface area (TPSA) is 110 Å². The van der Waals surface area contributed by atoms with Gasteiger partial charge in [-0.1, -0.05) is 18.2 Å². The summed E-state index contributed by atoms with van der Waals surface area (Å²) in [7, 11) is 0. The van der Waals surface area contributed by atoms with E-state index in [2.05, 4.69) is 4.98 Å². The summed E-state index contributed by atoms with van der Waals surface area (Å²) in [4.78, 5) is 49.1. The minimum Gasteiger partial charge on any atom is -0.478 e. The average Bonchev–Trinajstić information content (AvgIpc) is 3.45. The number of hydrogen-bond acceptors (Lipinski definition) is 6. The van der Waals surface area contributed by atoms with Crippen molar-refractivity contribution in [2.24, 2.45) is 0 Å². The lowest BCUT2D eigenvalue weighted by atomic mass is 9.89. The van der Waals surface area contributed by atoms with Gasteiger partial charge < -0.3 is 14.7 Å². The lowest BCUT2D eigenvalue weighted by molar-refractivity contribution is 0.0524. The predicted molar refractivity (Wildman–Crippen MR) is 127 cm³/mol. The zero-order valence-electron chi connectivity index (χ0n) is 19.4. The molecule has 35 heavy (non-hydrogen) atoms. The predicted octanol–water partition coefficient (Wildman–Crippen LogP) is 4.09. The summed E-state index contributed by atoms with van der Waals surface area (Å²) < 4.78 is 5.42. The third kappa shape index (κ3) is 4.05. The zero-order chi connectivity index (χ0) is 24.5. The van der Waals surface area contributed by atoms with Gasteiger partial charge in [0.2, 0.25) is 0 Å². The molecule has 0 bridgehead atoms. The summed E-state index contributed by atoms with van der Waals surface area (Å²) in [6.07, 6.45) is 6.31. The number of aryl methyl sites for hydroxylation is 2. The molecule has 4 heterocycles. The van der Waals surface area contributed by atoms with Crippen LogP contribution in [0.5, 0.6) is 0 Å². The zero-order valence-corrected chi connectivity index (χ0v) is 19.4. The maximum Gasteiger partial charge on any atom is 0.340 e. The minimum atomic E-state index is -1.05. The van der Waals surface area contributed by atoms with Crippen LogP contribution in [0.1, 0.15) is 73.8 Å². The maximum absolute atomic E-state index is 13.5. The molecule has 2 aliphatic heterocycles. The number of fused-ring (bicyclic) bond motifs is 3. The van der Waals surface area contributed by atoms with E-state index >= 15 is 0 Å². The van der Waals surface area contributed by atoms with E-state index in [0.717, 1.165) is 18.4 Å². The molecule has 8 heteroatoms. The number of ether oxygens (including phenoxy) is 1. The molecule has 1 fully saturated rings. The van der Waals surface area contributed by atoms with E-state index in [4.69, 9.17) is 9.72 Å². The van der Waals surface area contributed by atoms with Crippen molar-refractivity contribution in [1.29, 1.82) is 0 Å². The Morgan fingerprint density at radius 2 is 1.94 bits per heavy atom. The van der Waals surface area contributed by atoms with Crippen molar-refractivity contribution >= 4 is 17.8 Å². The van der Waals surface area contributed by atoms with E-state index in [9.17, 15) is 19.5 Å². The molecule has 0 spiro atoms. The van der Waals surface area contributed by atoms with E-state index in [0.29, 0.717) is 47.5 Å². The first-order chi connectivity index (χ1) is 17.0. The lowest BCUT2D eigenvalue weighted by Gasteiger charge is -2.18. The number of rotatable bonds is 7. The first kappa shape index (κ1) is 22.7. The summed E-state index contributed by atoms with van der Waals surface area (Å²) in [5.74, 6) is -1.73. The van der Waals surface area contributed by atoms with Gasteiger partial charge in [0.25, 0.3) is 5.91 Å². The molecule has 1 atom stereocenters. The Bertz CT molecular complexity index is 1300. The molecule has 8 nitrogen and oxygen atoms in total. The second kappa shape index (κ2) is 9.29. The largest absolute Gasteiger partial charge is 0.478 e. The van der Waals surface area contributed by atoms with Gasteiger partial charge in [0.1, 0.15) is 0 Å². The molecular formula is C27H25N3O5. The van der Waals surface area contributed by atoms with Gasteiger partial charge in [0.05, 0.1) is 40.7 Å². The molecule has 0 unspecified atom stereocenters. The van der Waals surface area contributed by atoms with Crippen molar-refractivity contribution in [1.82, 2.24) is 14.9 Å². The third-order valence-corrected chi connectivity index (χ3v) is 6.62.